The third-order valence-corrected chi connectivity index (χ3v) is 6.58. The molecule has 0 bridgehead atoms. The normalized spacial score (nSPS) is 34.5. The number of Topliss-reactive ketones (excluding diaryl/α,β-unsaturated/α-hetero) is 4. The van der Waals surface area contributed by atoms with Gasteiger partial charge in [-0.15, -0.1) is 0 Å². The van der Waals surface area contributed by atoms with Gasteiger partial charge in [0.25, 0.3) is 0 Å². The minimum Gasteiger partial charge on any atom is -0.507 e. The molecule has 146 valence electrons. The minimum absolute atomic E-state index is 0.0486. The summed E-state index contributed by atoms with van der Waals surface area (Å²) in [7, 11) is 0. The summed E-state index contributed by atoms with van der Waals surface area (Å²) in [6.45, 7) is 0. The van der Waals surface area contributed by atoms with Gasteiger partial charge < -0.3 is 15.9 Å². The van der Waals surface area contributed by atoms with Crippen LogP contribution in [0.4, 0.5) is 0 Å². The summed E-state index contributed by atoms with van der Waals surface area (Å²) in [5, 5.41) is 21.4. The average Bonchev–Trinajstić information content (AvgIpc) is 2.61. The molecule has 0 saturated heterocycles. The maximum Gasteiger partial charge on any atom is 0.235 e. The molecule has 5 atom stereocenters. The molecule has 0 aliphatic heterocycles. The van der Waals surface area contributed by atoms with Crippen molar-refractivity contribution in [1.29, 1.82) is 0 Å². The highest BCUT2D eigenvalue weighted by Crippen LogP contribution is 2.50. The molecule has 0 heterocycles. The number of benzene rings is 1. The van der Waals surface area contributed by atoms with Crippen molar-refractivity contribution >= 4 is 40.6 Å². The first-order chi connectivity index (χ1) is 13.1. The van der Waals surface area contributed by atoms with Crippen molar-refractivity contribution in [3.63, 3.8) is 0 Å². The van der Waals surface area contributed by atoms with E-state index < -0.39 is 58.3 Å². The molecule has 1 aromatic carbocycles. The first-order valence-corrected chi connectivity index (χ1v) is 9.14. The lowest BCUT2D eigenvalue weighted by atomic mass is 9.54. The third kappa shape index (κ3) is 2.24. The van der Waals surface area contributed by atoms with E-state index in [1.54, 1.807) is 0 Å². The molecule has 0 spiro atoms. The van der Waals surface area contributed by atoms with E-state index in [9.17, 15) is 34.2 Å². The number of carbonyl (C=O) groups is 5. The number of ketones is 4. The molecule has 1 aromatic rings. The predicted molar refractivity (Wildman–Crippen MR) is 93.5 cm³/mol. The van der Waals surface area contributed by atoms with Crippen LogP contribution in [0.5, 0.6) is 5.75 Å². The zero-order valence-corrected chi connectivity index (χ0v) is 15.2. The maximum absolute atomic E-state index is 13.1. The van der Waals surface area contributed by atoms with E-state index in [1.165, 1.54) is 12.1 Å². The Bertz CT molecular complexity index is 987. The van der Waals surface area contributed by atoms with Crippen LogP contribution in [0.25, 0.3) is 0 Å². The number of nitrogens with two attached hydrogens (primary N) is 1. The highest BCUT2D eigenvalue weighted by molar-refractivity contribution is 6.34. The predicted octanol–water partition coefficient (Wildman–Crippen LogP) is -0.0197. The SMILES string of the molecule is NC(=O)C1C(=O)C[C@@H]2CC3Cc4c(Cl)ccc(O)c4C(=O)C3C(=O)[C@]2(O)C1=O. The highest BCUT2D eigenvalue weighted by atomic mass is 35.5. The lowest BCUT2D eigenvalue weighted by Crippen LogP contribution is -2.68. The molecular formula is C19H16ClNO7. The minimum atomic E-state index is -2.63. The summed E-state index contributed by atoms with van der Waals surface area (Å²) >= 11 is 6.15. The number of phenolic OH excluding ortho intramolecular Hbond substituents is 1. The number of rotatable bonds is 1. The van der Waals surface area contributed by atoms with E-state index in [-0.39, 0.29) is 35.6 Å². The maximum atomic E-state index is 13.1. The van der Waals surface area contributed by atoms with Gasteiger partial charge in [0.2, 0.25) is 5.91 Å². The van der Waals surface area contributed by atoms with E-state index in [0.717, 1.165) is 0 Å². The smallest absolute Gasteiger partial charge is 0.235 e. The quantitative estimate of drug-likeness (QED) is 0.555. The Labute approximate surface area is 163 Å². The molecule has 3 aliphatic carbocycles. The van der Waals surface area contributed by atoms with E-state index in [2.05, 4.69) is 0 Å². The summed E-state index contributed by atoms with van der Waals surface area (Å²) in [4.78, 5) is 62.6. The lowest BCUT2D eigenvalue weighted by molar-refractivity contribution is -0.175. The van der Waals surface area contributed by atoms with Gasteiger partial charge in [0.1, 0.15) is 5.75 Å². The number of primary amides is 1. The Kier molecular flexibility index (Phi) is 3.99. The van der Waals surface area contributed by atoms with Crippen LogP contribution in [0.15, 0.2) is 12.1 Å². The summed E-state index contributed by atoms with van der Waals surface area (Å²) in [5.74, 6) is -10.3. The van der Waals surface area contributed by atoms with Crippen molar-refractivity contribution in [3.05, 3.63) is 28.3 Å². The van der Waals surface area contributed by atoms with Crippen molar-refractivity contribution in [2.24, 2.45) is 29.4 Å². The number of fused-ring (bicyclic) bond motifs is 3. The van der Waals surface area contributed by atoms with Gasteiger partial charge in [0, 0.05) is 17.4 Å². The van der Waals surface area contributed by atoms with Crippen LogP contribution in [-0.2, 0) is 25.6 Å². The van der Waals surface area contributed by atoms with Gasteiger partial charge in [-0.25, -0.2) is 0 Å². The molecule has 28 heavy (non-hydrogen) atoms. The number of hydrogen-bond acceptors (Lipinski definition) is 7. The molecule has 0 radical (unpaired) electrons. The van der Waals surface area contributed by atoms with Crippen LogP contribution in [0, 0.1) is 23.7 Å². The Morgan fingerprint density at radius 2 is 1.82 bits per heavy atom. The van der Waals surface area contributed by atoms with Gasteiger partial charge in [0.05, 0.1) is 11.5 Å². The molecule has 4 rings (SSSR count). The van der Waals surface area contributed by atoms with Gasteiger partial charge in [-0.05, 0) is 36.5 Å². The van der Waals surface area contributed by atoms with Gasteiger partial charge in [-0.1, -0.05) is 11.6 Å². The van der Waals surface area contributed by atoms with E-state index in [0.29, 0.717) is 5.56 Å². The van der Waals surface area contributed by atoms with Gasteiger partial charge in [-0.3, -0.25) is 24.0 Å². The highest BCUT2D eigenvalue weighted by Gasteiger charge is 2.66. The molecule has 3 aliphatic rings. The van der Waals surface area contributed by atoms with Crippen molar-refractivity contribution < 1.29 is 34.2 Å². The molecule has 8 nitrogen and oxygen atoms in total. The van der Waals surface area contributed by atoms with E-state index in [4.69, 9.17) is 17.3 Å². The topological polar surface area (TPSA) is 152 Å². The molecule has 1 amide bonds. The Balaban J connectivity index is 1.82. The second kappa shape index (κ2) is 5.96. The molecule has 4 N–H and O–H groups in total. The third-order valence-electron chi connectivity index (χ3n) is 6.23. The van der Waals surface area contributed by atoms with Crippen molar-refractivity contribution in [3.8, 4) is 5.75 Å². The second-order valence-corrected chi connectivity index (χ2v) is 8.07. The molecular weight excluding hydrogens is 390 g/mol. The summed E-state index contributed by atoms with van der Waals surface area (Å²) in [6, 6.07) is 2.67. The zero-order chi connectivity index (χ0) is 20.5. The van der Waals surface area contributed by atoms with Crippen molar-refractivity contribution in [2.45, 2.75) is 24.9 Å². The Hall–Kier alpha value is -2.58. The fraction of sp³-hybridized carbons (Fsp3) is 0.421. The fourth-order valence-corrected chi connectivity index (χ4v) is 5.16. The molecule has 2 saturated carbocycles. The summed E-state index contributed by atoms with van der Waals surface area (Å²) in [6.07, 6.45) is -0.133. The number of aromatic hydroxyl groups is 1. The Morgan fingerprint density at radius 1 is 1.14 bits per heavy atom. The summed E-state index contributed by atoms with van der Waals surface area (Å²) < 4.78 is 0. The fourth-order valence-electron chi connectivity index (χ4n) is 4.93. The molecule has 3 unspecified atom stereocenters. The number of carbonyl (C=O) groups excluding carboxylic acids is 5. The van der Waals surface area contributed by atoms with Crippen molar-refractivity contribution in [1.82, 2.24) is 0 Å². The number of amides is 1. The monoisotopic (exact) mass is 405 g/mol. The first kappa shape index (κ1) is 18.8. The number of aliphatic hydroxyl groups is 1. The molecule has 0 aromatic heterocycles. The lowest BCUT2D eigenvalue weighted by Gasteiger charge is -2.48. The van der Waals surface area contributed by atoms with E-state index >= 15 is 0 Å². The van der Waals surface area contributed by atoms with Gasteiger partial charge in [0.15, 0.2) is 34.7 Å². The van der Waals surface area contributed by atoms with Gasteiger partial charge >= 0.3 is 0 Å². The second-order valence-electron chi connectivity index (χ2n) is 7.66. The zero-order valence-electron chi connectivity index (χ0n) is 14.5. The van der Waals surface area contributed by atoms with Crippen LogP contribution < -0.4 is 5.73 Å². The number of hydrogen-bond donors (Lipinski definition) is 3. The number of phenols is 1. The Morgan fingerprint density at radius 3 is 2.46 bits per heavy atom. The molecule has 9 heteroatoms. The van der Waals surface area contributed by atoms with Crippen LogP contribution in [-0.4, -0.2) is 44.9 Å². The van der Waals surface area contributed by atoms with Crippen LogP contribution in [0.3, 0.4) is 0 Å². The molecule has 2 fully saturated rings. The average molecular weight is 406 g/mol. The van der Waals surface area contributed by atoms with Crippen LogP contribution in [0.1, 0.15) is 28.8 Å². The van der Waals surface area contributed by atoms with E-state index in [1.807, 2.05) is 0 Å². The first-order valence-electron chi connectivity index (χ1n) is 8.76. The van der Waals surface area contributed by atoms with Crippen LogP contribution >= 0.6 is 11.6 Å². The largest absolute Gasteiger partial charge is 0.507 e. The summed E-state index contributed by atoms with van der Waals surface area (Å²) in [5.41, 5.74) is 2.78. The van der Waals surface area contributed by atoms with Crippen LogP contribution in [0.2, 0.25) is 5.02 Å². The van der Waals surface area contributed by atoms with Crippen molar-refractivity contribution in [2.75, 3.05) is 0 Å². The standard InChI is InChI=1S/C19H16ClNO7/c20-9-1-2-10(22)13-8(9)4-6-3-7-5-11(23)14(18(21)27)17(26)19(7,28)16(25)12(6)15(13)24/h1-2,6-7,12,14,22,28H,3-5H2,(H2,21,27)/t6?,7-,12?,14?,19-/m0/s1. The van der Waals surface area contributed by atoms with Gasteiger partial charge in [-0.2, -0.15) is 0 Å². The number of halogens is 1.